The molecule has 0 aliphatic carbocycles. The van der Waals surface area contributed by atoms with E-state index < -0.39 is 17.2 Å². The number of hydrogen-bond acceptors (Lipinski definition) is 6. The highest BCUT2D eigenvalue weighted by Crippen LogP contribution is 2.21. The van der Waals surface area contributed by atoms with E-state index in [0.29, 0.717) is 18.8 Å². The van der Waals surface area contributed by atoms with Gasteiger partial charge in [-0.3, -0.25) is 14.6 Å². The molecule has 0 aromatic rings. The number of carbonyl (C=O) groups excluding carboxylic acids is 3. The minimum Gasteiger partial charge on any atom is -0.373 e. The van der Waals surface area contributed by atoms with Crippen molar-refractivity contribution < 1.29 is 19.1 Å². The van der Waals surface area contributed by atoms with Crippen LogP contribution in [0, 0.1) is 5.92 Å². The Bertz CT molecular complexity index is 602. The van der Waals surface area contributed by atoms with Crippen LogP contribution in [0.4, 0.5) is 0 Å². The van der Waals surface area contributed by atoms with E-state index in [2.05, 4.69) is 15.6 Å². The third-order valence-corrected chi connectivity index (χ3v) is 5.53. The summed E-state index contributed by atoms with van der Waals surface area (Å²) in [7, 11) is 0. The van der Waals surface area contributed by atoms with E-state index in [4.69, 9.17) is 4.74 Å². The van der Waals surface area contributed by atoms with Gasteiger partial charge in [-0.1, -0.05) is 13.8 Å². The van der Waals surface area contributed by atoms with Gasteiger partial charge in [-0.2, -0.15) is 0 Å². The summed E-state index contributed by atoms with van der Waals surface area (Å²) in [4.78, 5) is 39.8. The Balaban J connectivity index is 2.44. The Morgan fingerprint density at radius 1 is 1.32 bits per heavy atom. The molecular formula is C20H35N3O4S. The molecular weight excluding hydrogens is 378 g/mol. The summed E-state index contributed by atoms with van der Waals surface area (Å²) in [5.74, 6) is 0.472. The number of aldehydes is 1. The van der Waals surface area contributed by atoms with E-state index in [9.17, 15) is 14.4 Å². The van der Waals surface area contributed by atoms with Crippen LogP contribution in [0.15, 0.2) is 4.99 Å². The standard InChI is InChI=1S/C20H35N3O4S/c1-13(2)15(10-24)22-17(25)8-9-20(6,7)27-12-19(4,5)23-18(26)16-11-28-14(3)21-16/h10,13,15-16H,8-9,11-12H2,1-7H3,(H,22,25)(H,23,26)/t15-,16?/m1/s1. The zero-order valence-electron chi connectivity index (χ0n) is 18.1. The average molecular weight is 414 g/mol. The first kappa shape index (κ1) is 24.6. The summed E-state index contributed by atoms with van der Waals surface area (Å²) in [6.45, 7) is 13.6. The molecule has 0 aromatic carbocycles. The lowest BCUT2D eigenvalue weighted by atomic mass is 10.00. The van der Waals surface area contributed by atoms with Crippen LogP contribution >= 0.6 is 11.8 Å². The van der Waals surface area contributed by atoms with Gasteiger partial charge in [0.25, 0.3) is 0 Å². The molecule has 0 saturated heterocycles. The first-order chi connectivity index (χ1) is 12.8. The number of nitrogens with one attached hydrogen (secondary N) is 2. The number of nitrogens with zero attached hydrogens (tertiary/aromatic N) is 1. The maximum Gasteiger partial charge on any atom is 0.246 e. The topological polar surface area (TPSA) is 96.9 Å². The molecule has 2 N–H and O–H groups in total. The highest BCUT2D eigenvalue weighted by atomic mass is 32.2. The molecule has 0 aromatic heterocycles. The number of carbonyl (C=O) groups is 3. The Morgan fingerprint density at radius 2 is 1.96 bits per heavy atom. The molecule has 1 heterocycles. The second-order valence-corrected chi connectivity index (χ2v) is 10.1. The van der Waals surface area contributed by atoms with Crippen LogP contribution in [-0.4, -0.2) is 58.7 Å². The molecule has 0 bridgehead atoms. The monoisotopic (exact) mass is 413 g/mol. The number of amides is 2. The normalized spacial score (nSPS) is 18.6. The molecule has 0 radical (unpaired) electrons. The summed E-state index contributed by atoms with van der Waals surface area (Å²) in [5, 5.41) is 6.67. The fourth-order valence-corrected chi connectivity index (χ4v) is 3.39. The summed E-state index contributed by atoms with van der Waals surface area (Å²) < 4.78 is 6.00. The Labute approximate surface area is 172 Å². The van der Waals surface area contributed by atoms with Crippen molar-refractivity contribution in [3.8, 4) is 0 Å². The molecule has 0 spiro atoms. The molecule has 2 atom stereocenters. The van der Waals surface area contributed by atoms with Crippen molar-refractivity contribution >= 4 is 34.9 Å². The van der Waals surface area contributed by atoms with Gasteiger partial charge in [-0.25, -0.2) is 0 Å². The molecule has 0 fully saturated rings. The highest BCUT2D eigenvalue weighted by Gasteiger charge is 2.31. The van der Waals surface area contributed by atoms with Gasteiger partial charge < -0.3 is 20.2 Å². The van der Waals surface area contributed by atoms with Crippen LogP contribution < -0.4 is 10.6 Å². The quantitative estimate of drug-likeness (QED) is 0.507. The lowest BCUT2D eigenvalue weighted by molar-refractivity contribution is -0.127. The van der Waals surface area contributed by atoms with Gasteiger partial charge in [0.1, 0.15) is 12.3 Å². The predicted molar refractivity (Wildman–Crippen MR) is 114 cm³/mol. The van der Waals surface area contributed by atoms with Crippen molar-refractivity contribution in [2.75, 3.05) is 12.4 Å². The van der Waals surface area contributed by atoms with Gasteiger partial charge in [0.05, 0.1) is 28.8 Å². The van der Waals surface area contributed by atoms with Crippen molar-refractivity contribution in [1.82, 2.24) is 10.6 Å². The zero-order valence-corrected chi connectivity index (χ0v) is 18.9. The van der Waals surface area contributed by atoms with Crippen molar-refractivity contribution in [2.24, 2.45) is 10.9 Å². The van der Waals surface area contributed by atoms with E-state index in [0.717, 1.165) is 11.3 Å². The number of rotatable bonds is 11. The van der Waals surface area contributed by atoms with Crippen molar-refractivity contribution in [3.63, 3.8) is 0 Å². The minimum absolute atomic E-state index is 0.0570. The maximum absolute atomic E-state index is 12.4. The van der Waals surface area contributed by atoms with Crippen molar-refractivity contribution in [1.29, 1.82) is 0 Å². The Hall–Kier alpha value is -1.41. The van der Waals surface area contributed by atoms with Gasteiger partial charge in [0.15, 0.2) is 0 Å². The van der Waals surface area contributed by atoms with Crippen LogP contribution in [0.25, 0.3) is 0 Å². The van der Waals surface area contributed by atoms with Crippen LogP contribution in [-0.2, 0) is 19.1 Å². The first-order valence-corrected chi connectivity index (χ1v) is 10.7. The molecule has 1 aliphatic heterocycles. The molecule has 1 unspecified atom stereocenters. The lowest BCUT2D eigenvalue weighted by Gasteiger charge is -2.33. The summed E-state index contributed by atoms with van der Waals surface area (Å²) in [6, 6.07) is -0.807. The molecule has 0 saturated carbocycles. The molecule has 2 amide bonds. The number of aliphatic imine (C=N–C) groups is 1. The summed E-state index contributed by atoms with van der Waals surface area (Å²) >= 11 is 1.59. The largest absolute Gasteiger partial charge is 0.373 e. The van der Waals surface area contributed by atoms with E-state index >= 15 is 0 Å². The van der Waals surface area contributed by atoms with Crippen LogP contribution in [0.3, 0.4) is 0 Å². The molecule has 28 heavy (non-hydrogen) atoms. The second-order valence-electron chi connectivity index (χ2n) is 8.87. The Morgan fingerprint density at radius 3 is 2.46 bits per heavy atom. The fraction of sp³-hybridized carbons (Fsp3) is 0.800. The average Bonchev–Trinajstić information content (AvgIpc) is 3.02. The summed E-state index contributed by atoms with van der Waals surface area (Å²) in [6.07, 6.45) is 1.54. The third-order valence-electron chi connectivity index (χ3n) is 4.52. The second kappa shape index (κ2) is 10.4. The summed E-state index contributed by atoms with van der Waals surface area (Å²) in [5.41, 5.74) is -1.08. The van der Waals surface area contributed by atoms with Crippen molar-refractivity contribution in [3.05, 3.63) is 0 Å². The third kappa shape index (κ3) is 8.73. The van der Waals surface area contributed by atoms with E-state index in [1.165, 1.54) is 0 Å². The lowest BCUT2D eigenvalue weighted by Crippen LogP contribution is -2.51. The number of thioether (sulfide) groups is 1. The van der Waals surface area contributed by atoms with Gasteiger partial charge in [-0.05, 0) is 47.0 Å². The molecule has 7 nitrogen and oxygen atoms in total. The number of ether oxygens (including phenoxy) is 1. The maximum atomic E-state index is 12.4. The van der Waals surface area contributed by atoms with E-state index in [-0.39, 0.29) is 30.2 Å². The predicted octanol–water partition coefficient (Wildman–Crippen LogP) is 2.33. The van der Waals surface area contributed by atoms with E-state index in [1.54, 1.807) is 11.8 Å². The van der Waals surface area contributed by atoms with E-state index in [1.807, 2.05) is 48.5 Å². The van der Waals surface area contributed by atoms with Gasteiger partial charge >= 0.3 is 0 Å². The number of hydrogen-bond donors (Lipinski definition) is 2. The minimum atomic E-state index is -0.548. The van der Waals surface area contributed by atoms with Gasteiger partial charge in [0, 0.05) is 12.2 Å². The van der Waals surface area contributed by atoms with Crippen LogP contribution in [0.2, 0.25) is 0 Å². The molecule has 1 rings (SSSR count). The van der Waals surface area contributed by atoms with Crippen LogP contribution in [0.5, 0.6) is 0 Å². The zero-order chi connectivity index (χ0) is 21.5. The van der Waals surface area contributed by atoms with Gasteiger partial charge in [0.2, 0.25) is 11.8 Å². The van der Waals surface area contributed by atoms with Gasteiger partial charge in [-0.15, -0.1) is 11.8 Å². The molecule has 1 aliphatic rings. The first-order valence-electron chi connectivity index (χ1n) is 9.73. The smallest absolute Gasteiger partial charge is 0.246 e. The van der Waals surface area contributed by atoms with Crippen molar-refractivity contribution in [2.45, 2.75) is 84.5 Å². The Kier molecular flexibility index (Phi) is 9.14. The fourth-order valence-electron chi connectivity index (χ4n) is 2.56. The molecule has 8 heteroatoms. The highest BCUT2D eigenvalue weighted by molar-refractivity contribution is 8.14. The SMILES string of the molecule is CC1=NC(C(=O)NC(C)(C)COC(C)(C)CCC(=O)N[C@H](C=O)C(C)C)CS1. The molecule has 160 valence electrons. The van der Waals surface area contributed by atoms with Crippen LogP contribution in [0.1, 0.15) is 61.3 Å².